The Kier molecular flexibility index (Phi) is 3.30. The normalized spacial score (nSPS) is 9.94. The fraction of sp³-hybridized carbons (Fsp3) is 0.0833. The number of nitrogens with zero attached hydrogens (tertiary/aromatic N) is 1. The van der Waals surface area contributed by atoms with Crippen LogP contribution < -0.4 is 0 Å². The number of ether oxygens (including phenoxy) is 1. The summed E-state index contributed by atoms with van der Waals surface area (Å²) in [5.41, 5.74) is 1.07. The van der Waals surface area contributed by atoms with E-state index in [0.717, 1.165) is 17.0 Å². The quantitative estimate of drug-likeness (QED) is 0.604. The predicted octanol–water partition coefficient (Wildman–Crippen LogP) is 2.45. The zero-order valence-corrected chi connectivity index (χ0v) is 9.86. The average Bonchev–Trinajstić information content (AvgIpc) is 2.77. The van der Waals surface area contributed by atoms with Crippen LogP contribution in [0.2, 0.25) is 0 Å². The first-order valence-corrected chi connectivity index (χ1v) is 5.78. The Bertz CT molecular complexity index is 548. The molecule has 1 heterocycles. The Morgan fingerprint density at radius 3 is 2.47 bits per heavy atom. The molecule has 0 aliphatic rings. The van der Waals surface area contributed by atoms with Gasteiger partial charge in [-0.05, 0) is 19.1 Å². The zero-order valence-electron chi connectivity index (χ0n) is 9.04. The molecule has 5 heteroatoms. The van der Waals surface area contributed by atoms with Crippen LogP contribution in [0.4, 0.5) is 0 Å². The van der Waals surface area contributed by atoms with Crippen molar-refractivity contribution >= 4 is 23.3 Å². The van der Waals surface area contributed by atoms with Crippen LogP contribution in [0, 0.1) is 6.92 Å². The highest BCUT2D eigenvalue weighted by molar-refractivity contribution is 7.11. The first kappa shape index (κ1) is 11.5. The van der Waals surface area contributed by atoms with Crippen LogP contribution in [-0.2, 0) is 4.74 Å². The summed E-state index contributed by atoms with van der Waals surface area (Å²) in [4.78, 5) is 27.1. The van der Waals surface area contributed by atoms with Crippen molar-refractivity contribution in [3.63, 3.8) is 0 Å². The summed E-state index contributed by atoms with van der Waals surface area (Å²) in [6.07, 6.45) is 0. The Labute approximate surface area is 102 Å². The number of hydrogen-bond acceptors (Lipinski definition) is 5. The monoisotopic (exact) mass is 247 g/mol. The molecule has 0 aliphatic carbocycles. The topological polar surface area (TPSA) is 56.3 Å². The van der Waals surface area contributed by atoms with Crippen LogP contribution in [-0.4, -0.2) is 16.9 Å². The van der Waals surface area contributed by atoms with Gasteiger partial charge in [0.05, 0.1) is 5.56 Å². The molecule has 86 valence electrons. The van der Waals surface area contributed by atoms with Gasteiger partial charge in [0.2, 0.25) is 5.01 Å². The first-order chi connectivity index (χ1) is 8.16. The number of rotatable bonds is 2. The van der Waals surface area contributed by atoms with Gasteiger partial charge in [-0.1, -0.05) is 18.2 Å². The van der Waals surface area contributed by atoms with Gasteiger partial charge in [-0.15, -0.1) is 11.3 Å². The lowest BCUT2D eigenvalue weighted by atomic mass is 10.2. The molecule has 17 heavy (non-hydrogen) atoms. The van der Waals surface area contributed by atoms with Crippen molar-refractivity contribution in [3.05, 3.63) is 52.0 Å². The highest BCUT2D eigenvalue weighted by Gasteiger charge is 2.17. The van der Waals surface area contributed by atoms with Crippen molar-refractivity contribution in [1.29, 1.82) is 0 Å². The number of thiazole rings is 1. The first-order valence-electron chi connectivity index (χ1n) is 4.90. The molecule has 0 unspecified atom stereocenters. The van der Waals surface area contributed by atoms with Gasteiger partial charge in [-0.25, -0.2) is 14.6 Å². The molecule has 0 bridgehead atoms. The number of esters is 2. The number of aromatic nitrogens is 1. The molecular weight excluding hydrogens is 238 g/mol. The van der Waals surface area contributed by atoms with Crippen molar-refractivity contribution in [2.45, 2.75) is 6.92 Å². The summed E-state index contributed by atoms with van der Waals surface area (Å²) in [5.74, 6) is -1.37. The van der Waals surface area contributed by atoms with Crippen molar-refractivity contribution < 1.29 is 14.3 Å². The van der Waals surface area contributed by atoms with E-state index in [1.807, 2.05) is 0 Å². The van der Waals surface area contributed by atoms with E-state index >= 15 is 0 Å². The number of carbonyl (C=O) groups excluding carboxylic acids is 2. The molecule has 4 nitrogen and oxygen atoms in total. The van der Waals surface area contributed by atoms with Crippen LogP contribution in [0.1, 0.15) is 25.9 Å². The number of benzene rings is 1. The van der Waals surface area contributed by atoms with Crippen molar-refractivity contribution in [2.24, 2.45) is 0 Å². The van der Waals surface area contributed by atoms with Gasteiger partial charge < -0.3 is 4.74 Å². The molecule has 0 aliphatic heterocycles. The molecule has 0 spiro atoms. The Morgan fingerprint density at radius 1 is 1.18 bits per heavy atom. The van der Waals surface area contributed by atoms with Gasteiger partial charge in [0.15, 0.2) is 0 Å². The third-order valence-electron chi connectivity index (χ3n) is 1.99. The molecule has 0 fully saturated rings. The lowest BCUT2D eigenvalue weighted by Crippen LogP contribution is -2.12. The van der Waals surface area contributed by atoms with Gasteiger partial charge in [0.1, 0.15) is 0 Å². The molecule has 0 saturated heterocycles. The summed E-state index contributed by atoms with van der Waals surface area (Å²) < 4.78 is 4.71. The van der Waals surface area contributed by atoms with E-state index in [4.69, 9.17) is 4.74 Å². The fourth-order valence-electron chi connectivity index (χ4n) is 1.21. The van der Waals surface area contributed by atoms with E-state index in [-0.39, 0.29) is 5.01 Å². The summed E-state index contributed by atoms with van der Waals surface area (Å²) >= 11 is 1.16. The van der Waals surface area contributed by atoms with E-state index in [9.17, 15) is 9.59 Å². The number of aryl methyl sites for hydroxylation is 1. The van der Waals surface area contributed by atoms with Crippen LogP contribution in [0.25, 0.3) is 0 Å². The van der Waals surface area contributed by atoms with Crippen molar-refractivity contribution in [1.82, 2.24) is 4.98 Å². The van der Waals surface area contributed by atoms with Gasteiger partial charge in [-0.2, -0.15) is 0 Å². The lowest BCUT2D eigenvalue weighted by Gasteiger charge is -1.99. The summed E-state index contributed by atoms with van der Waals surface area (Å²) in [5, 5.41) is 1.91. The minimum Gasteiger partial charge on any atom is -0.384 e. The van der Waals surface area contributed by atoms with Gasteiger partial charge >= 0.3 is 11.9 Å². The summed E-state index contributed by atoms with van der Waals surface area (Å²) in [7, 11) is 0. The average molecular weight is 247 g/mol. The largest absolute Gasteiger partial charge is 0.384 e. The van der Waals surface area contributed by atoms with Crippen LogP contribution >= 0.6 is 11.3 Å². The molecular formula is C12H9NO3S. The molecule has 2 rings (SSSR count). The second-order valence-electron chi connectivity index (χ2n) is 3.34. The molecule has 2 aromatic rings. The Balaban J connectivity index is 2.07. The smallest absolute Gasteiger partial charge is 0.375 e. The maximum absolute atomic E-state index is 11.6. The Hall–Kier alpha value is -2.01. The number of carbonyl (C=O) groups is 2. The third kappa shape index (κ3) is 2.76. The zero-order chi connectivity index (χ0) is 12.3. The Morgan fingerprint density at radius 2 is 1.88 bits per heavy atom. The highest BCUT2D eigenvalue weighted by Crippen LogP contribution is 2.11. The molecule has 0 radical (unpaired) electrons. The second kappa shape index (κ2) is 4.88. The van der Waals surface area contributed by atoms with E-state index in [1.54, 1.807) is 42.6 Å². The highest BCUT2D eigenvalue weighted by atomic mass is 32.1. The molecule has 1 aromatic carbocycles. The van der Waals surface area contributed by atoms with Gasteiger partial charge in [0, 0.05) is 11.1 Å². The SMILES string of the molecule is Cc1csc(C(=O)OC(=O)c2ccccc2)n1. The van der Waals surface area contributed by atoms with E-state index in [0.29, 0.717) is 5.56 Å². The molecule has 0 saturated carbocycles. The van der Waals surface area contributed by atoms with E-state index < -0.39 is 11.9 Å². The lowest BCUT2D eigenvalue weighted by molar-refractivity contribution is 0.0397. The van der Waals surface area contributed by atoms with Crippen molar-refractivity contribution in [3.8, 4) is 0 Å². The van der Waals surface area contributed by atoms with Crippen LogP contribution in [0.5, 0.6) is 0 Å². The fourth-order valence-corrected chi connectivity index (χ4v) is 1.88. The molecule has 0 N–H and O–H groups in total. The second-order valence-corrected chi connectivity index (χ2v) is 4.20. The molecule has 0 amide bonds. The van der Waals surface area contributed by atoms with E-state index in [2.05, 4.69) is 4.98 Å². The molecule has 0 atom stereocenters. The third-order valence-corrected chi connectivity index (χ3v) is 2.93. The van der Waals surface area contributed by atoms with Crippen LogP contribution in [0.15, 0.2) is 35.7 Å². The minimum absolute atomic E-state index is 0.187. The van der Waals surface area contributed by atoms with Crippen molar-refractivity contribution in [2.75, 3.05) is 0 Å². The maximum atomic E-state index is 11.6. The van der Waals surface area contributed by atoms with Gasteiger partial charge in [-0.3, -0.25) is 0 Å². The summed E-state index contributed by atoms with van der Waals surface area (Å²) in [6, 6.07) is 8.36. The predicted molar refractivity (Wildman–Crippen MR) is 63.0 cm³/mol. The molecule has 1 aromatic heterocycles. The minimum atomic E-state index is -0.711. The number of hydrogen-bond donors (Lipinski definition) is 0. The van der Waals surface area contributed by atoms with E-state index in [1.165, 1.54) is 0 Å². The standard InChI is InChI=1S/C12H9NO3S/c1-8-7-17-10(13-8)12(15)16-11(14)9-5-3-2-4-6-9/h2-7H,1H3. The maximum Gasteiger partial charge on any atom is 0.375 e. The summed E-state index contributed by atoms with van der Waals surface area (Å²) in [6.45, 7) is 1.77. The van der Waals surface area contributed by atoms with Gasteiger partial charge in [0.25, 0.3) is 0 Å². The van der Waals surface area contributed by atoms with Crippen LogP contribution in [0.3, 0.4) is 0 Å².